The summed E-state index contributed by atoms with van der Waals surface area (Å²) in [4.78, 5) is 17.6. The van der Waals surface area contributed by atoms with Crippen molar-refractivity contribution in [1.82, 2.24) is 10.2 Å². The lowest BCUT2D eigenvalue weighted by molar-refractivity contribution is -0.138. The standard InChI is InChI=1S/C20H26N2OS.ClH/c1-15-8-9-19(24-15)14-22(11-10-17-6-4-3-5-7-17)20(23)16(2)18-12-21-13-18;/h3-9,16,18,21H,10-14H2,1-2H3;1H. The number of hydrogen-bond acceptors (Lipinski definition) is 3. The van der Waals surface area contributed by atoms with Gasteiger partial charge in [0.2, 0.25) is 5.91 Å². The quantitative estimate of drug-likeness (QED) is 0.792. The smallest absolute Gasteiger partial charge is 0.226 e. The summed E-state index contributed by atoms with van der Waals surface area (Å²) in [6.45, 7) is 7.66. The summed E-state index contributed by atoms with van der Waals surface area (Å²) < 4.78 is 0. The monoisotopic (exact) mass is 378 g/mol. The molecular formula is C20H27ClN2OS. The molecule has 3 nitrogen and oxygen atoms in total. The molecule has 0 aliphatic carbocycles. The predicted octanol–water partition coefficient (Wildman–Crippen LogP) is 3.91. The molecule has 5 heteroatoms. The van der Waals surface area contributed by atoms with Gasteiger partial charge in [-0.15, -0.1) is 23.7 Å². The Balaban J connectivity index is 0.00000225. The number of thiophene rings is 1. The van der Waals surface area contributed by atoms with Crippen LogP contribution in [-0.4, -0.2) is 30.4 Å². The summed E-state index contributed by atoms with van der Waals surface area (Å²) in [6, 6.07) is 14.7. The fourth-order valence-corrected chi connectivity index (χ4v) is 3.99. The van der Waals surface area contributed by atoms with Crippen molar-refractivity contribution in [3.05, 3.63) is 57.8 Å². The van der Waals surface area contributed by atoms with E-state index in [1.165, 1.54) is 15.3 Å². The maximum Gasteiger partial charge on any atom is 0.226 e. The summed E-state index contributed by atoms with van der Waals surface area (Å²) in [5.74, 6) is 0.883. The van der Waals surface area contributed by atoms with E-state index >= 15 is 0 Å². The van der Waals surface area contributed by atoms with Gasteiger partial charge in [0.15, 0.2) is 0 Å². The molecule has 1 atom stereocenters. The van der Waals surface area contributed by atoms with E-state index in [0.717, 1.165) is 32.6 Å². The molecule has 0 saturated carbocycles. The SMILES string of the molecule is Cc1ccc(CN(CCc2ccccc2)C(=O)C(C)C2CNC2)s1.Cl. The lowest BCUT2D eigenvalue weighted by atomic mass is 9.88. The van der Waals surface area contributed by atoms with Crippen molar-refractivity contribution < 1.29 is 4.79 Å². The van der Waals surface area contributed by atoms with Gasteiger partial charge >= 0.3 is 0 Å². The Labute approximate surface area is 160 Å². The van der Waals surface area contributed by atoms with E-state index in [-0.39, 0.29) is 18.3 Å². The maximum absolute atomic E-state index is 13.0. The van der Waals surface area contributed by atoms with Crippen molar-refractivity contribution in [2.75, 3.05) is 19.6 Å². The molecule has 1 aromatic carbocycles. The van der Waals surface area contributed by atoms with E-state index in [1.54, 1.807) is 11.3 Å². The first-order chi connectivity index (χ1) is 11.6. The van der Waals surface area contributed by atoms with Crippen LogP contribution in [0.5, 0.6) is 0 Å². The molecule has 136 valence electrons. The normalized spacial score (nSPS) is 15.1. The van der Waals surface area contributed by atoms with Crippen LogP contribution in [-0.2, 0) is 17.8 Å². The van der Waals surface area contributed by atoms with Crippen molar-refractivity contribution in [3.8, 4) is 0 Å². The highest BCUT2D eigenvalue weighted by atomic mass is 35.5. The first-order valence-corrected chi connectivity index (χ1v) is 9.54. The molecule has 2 heterocycles. The van der Waals surface area contributed by atoms with Gasteiger partial charge in [0.05, 0.1) is 6.54 Å². The van der Waals surface area contributed by atoms with Gasteiger partial charge in [-0.2, -0.15) is 0 Å². The Hall–Kier alpha value is -1.36. The molecule has 1 saturated heterocycles. The van der Waals surface area contributed by atoms with Crippen LogP contribution in [0, 0.1) is 18.8 Å². The third kappa shape index (κ3) is 5.30. The van der Waals surface area contributed by atoms with E-state index < -0.39 is 0 Å². The molecule has 1 aliphatic rings. The second-order valence-corrected chi connectivity index (χ2v) is 8.09. The molecule has 3 rings (SSSR count). The number of rotatable bonds is 7. The van der Waals surface area contributed by atoms with Gasteiger partial charge in [-0.1, -0.05) is 37.3 Å². The highest BCUT2D eigenvalue weighted by molar-refractivity contribution is 7.11. The van der Waals surface area contributed by atoms with Gasteiger partial charge < -0.3 is 10.2 Å². The summed E-state index contributed by atoms with van der Waals surface area (Å²) >= 11 is 1.79. The summed E-state index contributed by atoms with van der Waals surface area (Å²) in [5.41, 5.74) is 1.29. The van der Waals surface area contributed by atoms with Gasteiger partial charge in [0, 0.05) is 22.2 Å². The highest BCUT2D eigenvalue weighted by Gasteiger charge is 2.31. The Morgan fingerprint density at radius 2 is 1.96 bits per heavy atom. The Bertz CT molecular complexity index is 669. The molecule has 1 aromatic heterocycles. The molecule has 0 spiro atoms. The minimum Gasteiger partial charge on any atom is -0.337 e. The molecule has 25 heavy (non-hydrogen) atoms. The van der Waals surface area contributed by atoms with Crippen LogP contribution in [0.4, 0.5) is 0 Å². The number of carbonyl (C=O) groups excluding carboxylic acids is 1. The number of nitrogens with one attached hydrogen (secondary N) is 1. The van der Waals surface area contributed by atoms with Crippen LogP contribution in [0.15, 0.2) is 42.5 Å². The van der Waals surface area contributed by atoms with Crippen molar-refractivity contribution in [2.24, 2.45) is 11.8 Å². The third-order valence-corrected chi connectivity index (χ3v) is 5.86. The summed E-state index contributed by atoms with van der Waals surface area (Å²) in [5, 5.41) is 3.28. The van der Waals surface area contributed by atoms with E-state index in [2.05, 4.69) is 60.5 Å². The topological polar surface area (TPSA) is 32.3 Å². The highest BCUT2D eigenvalue weighted by Crippen LogP contribution is 2.22. The van der Waals surface area contributed by atoms with E-state index in [9.17, 15) is 4.79 Å². The number of nitrogens with zero attached hydrogens (tertiary/aromatic N) is 1. The molecule has 1 fully saturated rings. The number of halogens is 1. The molecule has 1 amide bonds. The van der Waals surface area contributed by atoms with Crippen LogP contribution in [0.3, 0.4) is 0 Å². The van der Waals surface area contributed by atoms with Gasteiger partial charge in [-0.3, -0.25) is 4.79 Å². The number of carbonyl (C=O) groups is 1. The van der Waals surface area contributed by atoms with E-state index in [0.29, 0.717) is 11.8 Å². The average Bonchev–Trinajstić information content (AvgIpc) is 2.95. The van der Waals surface area contributed by atoms with Gasteiger partial charge in [-0.05, 0) is 50.0 Å². The Kier molecular flexibility index (Phi) is 7.48. The molecule has 2 aromatic rings. The lowest BCUT2D eigenvalue weighted by Gasteiger charge is -2.35. The summed E-state index contributed by atoms with van der Waals surface area (Å²) in [7, 11) is 0. The average molecular weight is 379 g/mol. The Morgan fingerprint density at radius 3 is 2.52 bits per heavy atom. The molecule has 1 N–H and O–H groups in total. The number of benzene rings is 1. The minimum absolute atomic E-state index is 0. The van der Waals surface area contributed by atoms with Crippen LogP contribution in [0.25, 0.3) is 0 Å². The maximum atomic E-state index is 13.0. The first kappa shape index (κ1) is 20.0. The van der Waals surface area contributed by atoms with E-state index in [4.69, 9.17) is 0 Å². The zero-order chi connectivity index (χ0) is 16.9. The zero-order valence-corrected chi connectivity index (χ0v) is 16.5. The predicted molar refractivity (Wildman–Crippen MR) is 107 cm³/mol. The Morgan fingerprint density at radius 1 is 1.24 bits per heavy atom. The second kappa shape index (κ2) is 9.37. The van der Waals surface area contributed by atoms with Gasteiger partial charge in [0.25, 0.3) is 0 Å². The van der Waals surface area contributed by atoms with Crippen molar-refractivity contribution >= 4 is 29.7 Å². The third-order valence-electron chi connectivity index (χ3n) is 4.88. The number of hydrogen-bond donors (Lipinski definition) is 1. The van der Waals surface area contributed by atoms with Crippen LogP contribution < -0.4 is 5.32 Å². The molecular weight excluding hydrogens is 352 g/mol. The lowest BCUT2D eigenvalue weighted by Crippen LogP contribution is -2.50. The molecule has 1 aliphatic heterocycles. The van der Waals surface area contributed by atoms with Crippen LogP contribution >= 0.6 is 23.7 Å². The minimum atomic E-state index is 0. The molecule has 1 unspecified atom stereocenters. The summed E-state index contributed by atoms with van der Waals surface area (Å²) in [6.07, 6.45) is 0.909. The number of aryl methyl sites for hydroxylation is 1. The van der Waals surface area contributed by atoms with E-state index in [1.807, 2.05) is 6.07 Å². The molecule has 0 radical (unpaired) electrons. The fourth-order valence-electron chi connectivity index (χ4n) is 3.09. The van der Waals surface area contributed by atoms with Gasteiger partial charge in [0.1, 0.15) is 0 Å². The number of amides is 1. The van der Waals surface area contributed by atoms with Crippen LogP contribution in [0.2, 0.25) is 0 Å². The van der Waals surface area contributed by atoms with Crippen LogP contribution in [0.1, 0.15) is 22.2 Å². The fraction of sp³-hybridized carbons (Fsp3) is 0.450. The molecule has 0 bridgehead atoms. The zero-order valence-electron chi connectivity index (χ0n) is 14.9. The van der Waals surface area contributed by atoms with Gasteiger partial charge in [-0.25, -0.2) is 0 Å². The largest absolute Gasteiger partial charge is 0.337 e. The second-order valence-electron chi connectivity index (χ2n) is 6.71. The van der Waals surface area contributed by atoms with Crippen molar-refractivity contribution in [1.29, 1.82) is 0 Å². The first-order valence-electron chi connectivity index (χ1n) is 8.72. The van der Waals surface area contributed by atoms with Crippen molar-refractivity contribution in [2.45, 2.75) is 26.8 Å². The van der Waals surface area contributed by atoms with Crippen molar-refractivity contribution in [3.63, 3.8) is 0 Å².